The highest BCUT2D eigenvalue weighted by molar-refractivity contribution is 5.80. The second-order valence-corrected chi connectivity index (χ2v) is 9.25. The Hall–Kier alpha value is -3.93. The molecule has 0 bridgehead atoms. The number of hydrogen-bond acceptors (Lipinski definition) is 7. The van der Waals surface area contributed by atoms with Gasteiger partial charge < -0.3 is 24.2 Å². The molecule has 12 heteroatoms. The molecule has 1 saturated heterocycles. The predicted octanol–water partition coefficient (Wildman–Crippen LogP) is 2.07. The number of methoxy groups -OCH3 is 2. The highest BCUT2D eigenvalue weighted by Crippen LogP contribution is 2.29. The van der Waals surface area contributed by atoms with Crippen molar-refractivity contribution in [3.05, 3.63) is 62.8 Å². The second kappa shape index (κ2) is 12.3. The Morgan fingerprint density at radius 3 is 2.49 bits per heavy atom. The minimum absolute atomic E-state index is 0.0866. The molecule has 2 heterocycles. The Bertz CT molecular complexity index is 1450. The van der Waals surface area contributed by atoms with E-state index in [1.807, 2.05) is 0 Å². The molecule has 3 aromatic rings. The number of carbonyl (C=O) groups excluding carboxylic acids is 1. The maximum atomic E-state index is 13.9. The molecule has 1 amide bonds. The SMILES string of the molecule is COc1ccc(Cn2c(=O)c3cc(OC(CF)CF)ccc3n(C3CCCN(C(=O)CO)C3)c2=O)cc1OC. The van der Waals surface area contributed by atoms with E-state index in [0.29, 0.717) is 42.0 Å². The van der Waals surface area contributed by atoms with Crippen LogP contribution >= 0.6 is 0 Å². The van der Waals surface area contributed by atoms with Gasteiger partial charge in [-0.1, -0.05) is 6.07 Å². The van der Waals surface area contributed by atoms with E-state index < -0.39 is 49.3 Å². The van der Waals surface area contributed by atoms with Crippen molar-refractivity contribution < 1.29 is 32.9 Å². The number of ether oxygens (including phenoxy) is 3. The van der Waals surface area contributed by atoms with Crippen molar-refractivity contribution in [3.8, 4) is 17.2 Å². The summed E-state index contributed by atoms with van der Waals surface area (Å²) in [5.41, 5.74) is -0.283. The third kappa shape index (κ3) is 5.75. The number of rotatable bonds is 10. The van der Waals surface area contributed by atoms with E-state index in [2.05, 4.69) is 0 Å². The van der Waals surface area contributed by atoms with Crippen LogP contribution in [0.4, 0.5) is 8.78 Å². The Morgan fingerprint density at radius 2 is 1.82 bits per heavy atom. The van der Waals surface area contributed by atoms with E-state index in [9.17, 15) is 28.3 Å². The van der Waals surface area contributed by atoms with Crippen molar-refractivity contribution in [2.75, 3.05) is 47.3 Å². The summed E-state index contributed by atoms with van der Waals surface area (Å²) in [5.74, 6) is 0.546. The van der Waals surface area contributed by atoms with Gasteiger partial charge in [-0.05, 0) is 48.7 Å². The first kappa shape index (κ1) is 28.1. The number of benzene rings is 2. The Kier molecular flexibility index (Phi) is 8.85. The van der Waals surface area contributed by atoms with Gasteiger partial charge in [-0.25, -0.2) is 13.6 Å². The molecule has 1 aliphatic heterocycles. The van der Waals surface area contributed by atoms with Gasteiger partial charge in [0.15, 0.2) is 17.6 Å². The van der Waals surface area contributed by atoms with Crippen LogP contribution in [0.1, 0.15) is 24.4 Å². The van der Waals surface area contributed by atoms with Crippen molar-refractivity contribution in [3.63, 3.8) is 0 Å². The number of likely N-dealkylation sites (tertiary alicyclic amines) is 1. The first-order valence-electron chi connectivity index (χ1n) is 12.5. The zero-order valence-corrected chi connectivity index (χ0v) is 21.8. The molecule has 1 fully saturated rings. The molecule has 0 saturated carbocycles. The Labute approximate surface area is 222 Å². The van der Waals surface area contributed by atoms with Gasteiger partial charge in [-0.15, -0.1) is 0 Å². The molecule has 10 nitrogen and oxygen atoms in total. The topological polar surface area (TPSA) is 112 Å². The number of carbonyl (C=O) groups is 1. The monoisotopic (exact) mass is 547 g/mol. The van der Waals surface area contributed by atoms with Gasteiger partial charge in [0, 0.05) is 13.1 Å². The van der Waals surface area contributed by atoms with Crippen LogP contribution in [-0.4, -0.2) is 78.4 Å². The Balaban J connectivity index is 1.87. The summed E-state index contributed by atoms with van der Waals surface area (Å²) >= 11 is 0. The maximum Gasteiger partial charge on any atom is 0.332 e. The predicted molar refractivity (Wildman–Crippen MR) is 139 cm³/mol. The smallest absolute Gasteiger partial charge is 0.332 e. The number of nitrogens with zero attached hydrogens (tertiary/aromatic N) is 3. The fourth-order valence-electron chi connectivity index (χ4n) is 4.88. The maximum absolute atomic E-state index is 13.9. The van der Waals surface area contributed by atoms with Crippen LogP contribution in [0, 0.1) is 0 Å². The van der Waals surface area contributed by atoms with Crippen LogP contribution < -0.4 is 25.5 Å². The van der Waals surface area contributed by atoms with Crippen molar-refractivity contribution in [1.82, 2.24) is 14.0 Å². The fourth-order valence-corrected chi connectivity index (χ4v) is 4.88. The van der Waals surface area contributed by atoms with E-state index in [4.69, 9.17) is 14.2 Å². The molecule has 1 N–H and O–H groups in total. The number of alkyl halides is 2. The standard InChI is InChI=1S/C27H31F2N3O7/c1-37-23-8-5-17(10-24(23)38-2)14-31-26(35)21-11-19(39-20(12-28)13-29)6-7-22(21)32(27(31)36)18-4-3-9-30(15-18)25(34)16-33/h5-8,10-11,18,20,33H,3-4,9,12-16H2,1-2H3. The summed E-state index contributed by atoms with van der Waals surface area (Å²) in [6.07, 6.45) is -0.170. The summed E-state index contributed by atoms with van der Waals surface area (Å²) in [6, 6.07) is 8.89. The molecule has 210 valence electrons. The minimum Gasteiger partial charge on any atom is -0.493 e. The molecule has 2 aromatic carbocycles. The first-order chi connectivity index (χ1) is 18.8. The molecule has 1 unspecified atom stereocenters. The summed E-state index contributed by atoms with van der Waals surface area (Å²) < 4.78 is 44.7. The van der Waals surface area contributed by atoms with Gasteiger partial charge in [0.2, 0.25) is 5.91 Å². The van der Waals surface area contributed by atoms with Crippen LogP contribution in [0.5, 0.6) is 17.2 Å². The molecule has 1 aliphatic rings. The number of halogens is 2. The van der Waals surface area contributed by atoms with Gasteiger partial charge in [0.25, 0.3) is 5.56 Å². The highest BCUT2D eigenvalue weighted by Gasteiger charge is 2.28. The van der Waals surface area contributed by atoms with Gasteiger partial charge >= 0.3 is 5.69 Å². The van der Waals surface area contributed by atoms with Gasteiger partial charge in [0.05, 0.1) is 37.7 Å². The van der Waals surface area contributed by atoms with Crippen molar-refractivity contribution in [2.24, 2.45) is 0 Å². The van der Waals surface area contributed by atoms with Gasteiger partial charge in [-0.2, -0.15) is 0 Å². The van der Waals surface area contributed by atoms with E-state index in [0.717, 1.165) is 4.57 Å². The third-order valence-corrected chi connectivity index (χ3v) is 6.83. The molecular weight excluding hydrogens is 516 g/mol. The van der Waals surface area contributed by atoms with Crippen LogP contribution in [-0.2, 0) is 11.3 Å². The largest absolute Gasteiger partial charge is 0.493 e. The third-order valence-electron chi connectivity index (χ3n) is 6.83. The van der Waals surface area contributed by atoms with Gasteiger partial charge in [0.1, 0.15) is 25.7 Å². The lowest BCUT2D eigenvalue weighted by Crippen LogP contribution is -2.47. The average molecular weight is 548 g/mol. The number of hydrogen-bond donors (Lipinski definition) is 1. The van der Waals surface area contributed by atoms with E-state index in [1.54, 1.807) is 18.2 Å². The molecule has 0 spiro atoms. The van der Waals surface area contributed by atoms with Crippen LogP contribution in [0.15, 0.2) is 46.0 Å². The number of piperidine rings is 1. The summed E-state index contributed by atoms with van der Waals surface area (Å²) in [4.78, 5) is 41.2. The molecular formula is C27H31F2N3O7. The van der Waals surface area contributed by atoms with E-state index in [-0.39, 0.29) is 24.2 Å². The summed E-state index contributed by atoms with van der Waals surface area (Å²) in [7, 11) is 2.97. The van der Waals surface area contributed by atoms with Crippen LogP contribution in [0.3, 0.4) is 0 Å². The molecule has 4 rings (SSSR count). The molecule has 1 atom stereocenters. The normalized spacial score (nSPS) is 15.5. The zero-order valence-electron chi connectivity index (χ0n) is 21.8. The lowest BCUT2D eigenvalue weighted by atomic mass is 10.0. The van der Waals surface area contributed by atoms with Crippen molar-refractivity contribution >= 4 is 16.8 Å². The van der Waals surface area contributed by atoms with E-state index in [1.165, 1.54) is 41.9 Å². The van der Waals surface area contributed by atoms with Crippen molar-refractivity contribution in [1.29, 1.82) is 0 Å². The number of aliphatic hydroxyl groups is 1. The zero-order chi connectivity index (χ0) is 28.1. The second-order valence-electron chi connectivity index (χ2n) is 9.25. The highest BCUT2D eigenvalue weighted by atomic mass is 19.1. The molecule has 0 aliphatic carbocycles. The molecule has 1 aromatic heterocycles. The number of aromatic nitrogens is 2. The molecule has 0 radical (unpaired) electrons. The van der Waals surface area contributed by atoms with Crippen LogP contribution in [0.2, 0.25) is 0 Å². The van der Waals surface area contributed by atoms with E-state index >= 15 is 0 Å². The molecule has 39 heavy (non-hydrogen) atoms. The minimum atomic E-state index is -1.32. The van der Waals surface area contributed by atoms with Gasteiger partial charge in [-0.3, -0.25) is 18.7 Å². The van der Waals surface area contributed by atoms with Crippen LogP contribution in [0.25, 0.3) is 10.9 Å². The summed E-state index contributed by atoms with van der Waals surface area (Å²) in [6.45, 7) is -2.22. The average Bonchev–Trinajstić information content (AvgIpc) is 2.97. The number of aliphatic hydroxyl groups excluding tert-OH is 1. The lowest BCUT2D eigenvalue weighted by Gasteiger charge is -2.34. The number of fused-ring (bicyclic) bond motifs is 1. The Morgan fingerprint density at radius 1 is 1.08 bits per heavy atom. The quantitative estimate of drug-likeness (QED) is 0.414. The van der Waals surface area contributed by atoms with Crippen molar-refractivity contribution in [2.45, 2.75) is 31.5 Å². The fraction of sp³-hybridized carbons (Fsp3) is 0.444. The summed E-state index contributed by atoms with van der Waals surface area (Å²) in [5, 5.41) is 9.47. The first-order valence-corrected chi connectivity index (χ1v) is 12.5. The lowest BCUT2D eigenvalue weighted by molar-refractivity contribution is -0.135. The number of amides is 1.